The van der Waals surface area contributed by atoms with E-state index in [1.54, 1.807) is 12.1 Å². The quantitative estimate of drug-likeness (QED) is 0.342. The minimum atomic E-state index is -4.40. The number of alkyl halides is 3. The van der Waals surface area contributed by atoms with E-state index in [0.29, 0.717) is 5.52 Å². The molecular formula is C20H13ClF3N3O2S. The number of benzene rings is 2. The summed E-state index contributed by atoms with van der Waals surface area (Å²) in [5, 5.41) is 11.4. The molecule has 0 unspecified atom stereocenters. The second-order valence-electron chi connectivity index (χ2n) is 6.40. The second kappa shape index (κ2) is 7.73. The van der Waals surface area contributed by atoms with Crippen molar-refractivity contribution in [1.82, 2.24) is 14.1 Å². The predicted octanol–water partition coefficient (Wildman–Crippen LogP) is 5.21. The Morgan fingerprint density at radius 2 is 1.80 bits per heavy atom. The van der Waals surface area contributed by atoms with Crippen LogP contribution in [0.25, 0.3) is 16.6 Å². The number of para-hydroxylation sites is 1. The highest BCUT2D eigenvalue weighted by molar-refractivity contribution is 8.00. The first-order valence-corrected chi connectivity index (χ1v) is 9.82. The fourth-order valence-electron chi connectivity index (χ4n) is 3.16. The Morgan fingerprint density at radius 3 is 2.50 bits per heavy atom. The summed E-state index contributed by atoms with van der Waals surface area (Å²) in [7, 11) is 0. The monoisotopic (exact) mass is 451 g/mol. The molecule has 2 aromatic carbocycles. The van der Waals surface area contributed by atoms with E-state index >= 15 is 0 Å². The van der Waals surface area contributed by atoms with Crippen molar-refractivity contribution in [2.75, 3.05) is 0 Å². The number of rotatable bonds is 4. The molecule has 0 aliphatic rings. The Bertz CT molecular complexity index is 1280. The van der Waals surface area contributed by atoms with Crippen molar-refractivity contribution in [1.29, 1.82) is 0 Å². The third-order valence-corrected chi connectivity index (χ3v) is 5.31. The summed E-state index contributed by atoms with van der Waals surface area (Å²) in [6.45, 7) is 0.129. The predicted molar refractivity (Wildman–Crippen MR) is 109 cm³/mol. The molecule has 1 N–H and O–H groups in total. The lowest BCUT2D eigenvalue weighted by Crippen LogP contribution is -2.23. The number of aromatic nitrogens is 3. The first kappa shape index (κ1) is 20.4. The van der Waals surface area contributed by atoms with Gasteiger partial charge < -0.3 is 5.11 Å². The van der Waals surface area contributed by atoms with E-state index < -0.39 is 11.2 Å². The molecule has 0 fully saturated rings. The first-order chi connectivity index (χ1) is 14.2. The highest BCUT2D eigenvalue weighted by atomic mass is 35.5. The highest BCUT2D eigenvalue weighted by Crippen LogP contribution is 2.37. The molecule has 30 heavy (non-hydrogen) atoms. The van der Waals surface area contributed by atoms with Gasteiger partial charge >= 0.3 is 11.2 Å². The van der Waals surface area contributed by atoms with Crippen LogP contribution in [-0.2, 0) is 6.54 Å². The zero-order chi connectivity index (χ0) is 21.5. The zero-order valence-corrected chi connectivity index (χ0v) is 16.7. The minimum absolute atomic E-state index is 0.0175. The number of hydrogen-bond donors (Lipinski definition) is 1. The van der Waals surface area contributed by atoms with Crippen LogP contribution in [0.3, 0.4) is 0 Å². The molecule has 4 rings (SSSR count). The number of hydrogen-bond acceptors (Lipinski definition) is 4. The van der Waals surface area contributed by atoms with Crippen molar-refractivity contribution >= 4 is 34.3 Å². The van der Waals surface area contributed by atoms with Crippen molar-refractivity contribution in [3.63, 3.8) is 0 Å². The normalized spacial score (nSPS) is 11.9. The summed E-state index contributed by atoms with van der Waals surface area (Å²) >= 11 is 5.84. The smallest absolute Gasteiger partial charge is 0.446 e. The van der Waals surface area contributed by atoms with Gasteiger partial charge in [0.1, 0.15) is 5.15 Å². The van der Waals surface area contributed by atoms with Gasteiger partial charge in [-0.15, -0.1) is 0 Å². The molecule has 0 spiro atoms. The lowest BCUT2D eigenvalue weighted by molar-refractivity contribution is -0.0328. The second-order valence-corrected chi connectivity index (χ2v) is 7.92. The van der Waals surface area contributed by atoms with Gasteiger partial charge in [0, 0.05) is 10.3 Å². The standard InChI is InChI=1S/C20H13ClF3N3O2S/c21-17-9-12(15-3-1-2-4-16(15)25-17)10-26-11-18(28)27(19(26)29)13-5-7-14(8-6-13)30-20(22,23)24/h1-9,11,28H,10H2. The maximum absolute atomic E-state index is 12.9. The molecule has 10 heteroatoms. The van der Waals surface area contributed by atoms with E-state index in [9.17, 15) is 23.1 Å². The van der Waals surface area contributed by atoms with Crippen LogP contribution < -0.4 is 5.69 Å². The molecule has 5 nitrogen and oxygen atoms in total. The Hall–Kier alpha value is -2.91. The fraction of sp³-hybridized carbons (Fsp3) is 0.100. The third kappa shape index (κ3) is 4.17. The SMILES string of the molecule is O=c1n(Cc2cc(Cl)nc3ccccc23)cc(O)n1-c1ccc(SC(F)(F)F)cc1. The topological polar surface area (TPSA) is 60.1 Å². The maximum atomic E-state index is 12.9. The van der Waals surface area contributed by atoms with E-state index in [2.05, 4.69) is 4.98 Å². The number of pyridine rings is 1. The van der Waals surface area contributed by atoms with E-state index in [1.807, 2.05) is 18.2 Å². The van der Waals surface area contributed by atoms with Crippen LogP contribution >= 0.6 is 23.4 Å². The van der Waals surface area contributed by atoms with Gasteiger partial charge in [0.05, 0.1) is 23.9 Å². The molecule has 0 saturated heterocycles. The van der Waals surface area contributed by atoms with E-state index in [0.717, 1.165) is 15.5 Å². The van der Waals surface area contributed by atoms with Gasteiger partial charge in [-0.2, -0.15) is 13.2 Å². The van der Waals surface area contributed by atoms with Crippen molar-refractivity contribution in [3.05, 3.63) is 82.0 Å². The Labute approximate surface area is 177 Å². The third-order valence-electron chi connectivity index (χ3n) is 4.38. The molecule has 0 atom stereocenters. The molecule has 0 aliphatic carbocycles. The molecule has 154 valence electrons. The van der Waals surface area contributed by atoms with Crippen molar-refractivity contribution in [2.45, 2.75) is 16.9 Å². The van der Waals surface area contributed by atoms with Crippen molar-refractivity contribution in [2.24, 2.45) is 0 Å². The summed E-state index contributed by atoms with van der Waals surface area (Å²) in [5.41, 5.74) is -3.28. The van der Waals surface area contributed by atoms with Crippen LogP contribution in [0.1, 0.15) is 5.56 Å². The van der Waals surface area contributed by atoms with Crippen LogP contribution in [-0.4, -0.2) is 24.7 Å². The van der Waals surface area contributed by atoms with Gasteiger partial charge in [-0.3, -0.25) is 4.57 Å². The molecule has 0 aliphatic heterocycles. The first-order valence-electron chi connectivity index (χ1n) is 8.63. The summed E-state index contributed by atoms with van der Waals surface area (Å²) in [6.07, 6.45) is 1.27. The molecule has 2 heterocycles. The van der Waals surface area contributed by atoms with Crippen LogP contribution in [0.2, 0.25) is 5.15 Å². The number of thioether (sulfide) groups is 1. The molecule has 0 saturated carbocycles. The zero-order valence-electron chi connectivity index (χ0n) is 15.1. The lowest BCUT2D eigenvalue weighted by Gasteiger charge is -2.08. The van der Waals surface area contributed by atoms with Gasteiger partial charge in [0.2, 0.25) is 5.88 Å². The summed E-state index contributed by atoms with van der Waals surface area (Å²) in [5.74, 6) is -0.333. The van der Waals surface area contributed by atoms with Crippen LogP contribution in [0.4, 0.5) is 13.2 Å². The van der Waals surface area contributed by atoms with Crippen molar-refractivity contribution < 1.29 is 18.3 Å². The average Bonchev–Trinajstić information content (AvgIpc) is 2.94. The Morgan fingerprint density at radius 1 is 1.10 bits per heavy atom. The maximum Gasteiger partial charge on any atom is 0.446 e. The minimum Gasteiger partial charge on any atom is -0.493 e. The molecule has 2 aromatic heterocycles. The van der Waals surface area contributed by atoms with E-state index in [4.69, 9.17) is 11.6 Å². The highest BCUT2D eigenvalue weighted by Gasteiger charge is 2.29. The number of fused-ring (bicyclic) bond motifs is 1. The average molecular weight is 452 g/mol. The molecule has 0 radical (unpaired) electrons. The fourth-order valence-corrected chi connectivity index (χ4v) is 3.92. The summed E-state index contributed by atoms with van der Waals surface area (Å²) in [6, 6.07) is 14.1. The molecular weight excluding hydrogens is 439 g/mol. The van der Waals surface area contributed by atoms with E-state index in [1.165, 1.54) is 35.0 Å². The van der Waals surface area contributed by atoms with E-state index in [-0.39, 0.29) is 39.9 Å². The largest absolute Gasteiger partial charge is 0.493 e. The van der Waals surface area contributed by atoms with Crippen LogP contribution in [0, 0.1) is 0 Å². The van der Waals surface area contributed by atoms with Crippen molar-refractivity contribution in [3.8, 4) is 11.6 Å². The molecule has 4 aromatic rings. The Kier molecular flexibility index (Phi) is 5.25. The van der Waals surface area contributed by atoms with Crippen LogP contribution in [0.5, 0.6) is 5.88 Å². The van der Waals surface area contributed by atoms with Gasteiger partial charge in [-0.25, -0.2) is 14.3 Å². The van der Waals surface area contributed by atoms with Gasteiger partial charge in [-0.05, 0) is 53.7 Å². The number of imidazole rings is 1. The van der Waals surface area contributed by atoms with Gasteiger partial charge in [-0.1, -0.05) is 29.8 Å². The van der Waals surface area contributed by atoms with Gasteiger partial charge in [0.25, 0.3) is 0 Å². The summed E-state index contributed by atoms with van der Waals surface area (Å²) < 4.78 is 39.8. The lowest BCUT2D eigenvalue weighted by atomic mass is 10.1. The number of nitrogens with zero attached hydrogens (tertiary/aromatic N) is 3. The molecule has 0 amide bonds. The molecule has 0 bridgehead atoms. The van der Waals surface area contributed by atoms with Gasteiger partial charge in [0.15, 0.2) is 0 Å². The number of aromatic hydroxyl groups is 1. The Balaban J connectivity index is 1.69. The number of halogens is 4. The van der Waals surface area contributed by atoms with Crippen LogP contribution in [0.15, 0.2) is 70.5 Å². The summed E-state index contributed by atoms with van der Waals surface area (Å²) in [4.78, 5) is 17.1.